The van der Waals surface area contributed by atoms with E-state index >= 15 is 0 Å². The van der Waals surface area contributed by atoms with Gasteiger partial charge in [-0.3, -0.25) is 0 Å². The Morgan fingerprint density at radius 1 is 1.00 bits per heavy atom. The number of benzene rings is 2. The van der Waals surface area contributed by atoms with Gasteiger partial charge in [0.25, 0.3) is 0 Å². The maximum Gasteiger partial charge on any atom is 0.0460 e. The summed E-state index contributed by atoms with van der Waals surface area (Å²) in [5, 5.41) is 1.21. The first-order valence-corrected chi connectivity index (χ1v) is 5.68. The summed E-state index contributed by atoms with van der Waals surface area (Å²) in [5.74, 6) is 0. The van der Waals surface area contributed by atoms with Crippen molar-refractivity contribution in [1.29, 1.82) is 0 Å². The van der Waals surface area contributed by atoms with Crippen LogP contribution in [0.15, 0.2) is 48.7 Å². The van der Waals surface area contributed by atoms with E-state index in [1.807, 2.05) is 30.5 Å². The molecule has 0 bridgehead atoms. The van der Waals surface area contributed by atoms with Gasteiger partial charge < -0.3 is 10.7 Å². The van der Waals surface area contributed by atoms with Crippen molar-refractivity contribution in [3.05, 3.63) is 54.2 Å². The SMILES string of the molecule is Cc1ccc(N)c(-c2c[nH]c3ccccc23)c1. The lowest BCUT2D eigenvalue weighted by atomic mass is 10.0. The van der Waals surface area contributed by atoms with Gasteiger partial charge in [0, 0.05) is 33.9 Å². The second-order valence-corrected chi connectivity index (χ2v) is 4.34. The lowest BCUT2D eigenvalue weighted by Gasteiger charge is -2.05. The molecule has 0 fully saturated rings. The number of aryl methyl sites for hydroxylation is 1. The van der Waals surface area contributed by atoms with E-state index < -0.39 is 0 Å². The van der Waals surface area contributed by atoms with Gasteiger partial charge in [-0.15, -0.1) is 0 Å². The van der Waals surface area contributed by atoms with Crippen molar-refractivity contribution >= 4 is 16.6 Å². The lowest BCUT2D eigenvalue weighted by Crippen LogP contribution is -1.89. The molecule has 0 amide bonds. The van der Waals surface area contributed by atoms with Crippen LogP contribution in [0, 0.1) is 6.92 Å². The molecule has 0 spiro atoms. The van der Waals surface area contributed by atoms with E-state index in [0.717, 1.165) is 16.8 Å². The van der Waals surface area contributed by atoms with E-state index in [9.17, 15) is 0 Å². The Morgan fingerprint density at radius 3 is 2.71 bits per heavy atom. The summed E-state index contributed by atoms with van der Waals surface area (Å²) in [6.45, 7) is 2.08. The molecule has 2 aromatic carbocycles. The van der Waals surface area contributed by atoms with Gasteiger partial charge in [0.05, 0.1) is 0 Å². The molecule has 2 heteroatoms. The average Bonchev–Trinajstić information content (AvgIpc) is 2.76. The Morgan fingerprint density at radius 2 is 1.82 bits per heavy atom. The summed E-state index contributed by atoms with van der Waals surface area (Å²) in [6, 6.07) is 14.4. The second-order valence-electron chi connectivity index (χ2n) is 4.34. The highest BCUT2D eigenvalue weighted by Gasteiger charge is 2.08. The molecule has 0 aliphatic rings. The molecule has 3 rings (SSSR count). The predicted octanol–water partition coefficient (Wildman–Crippen LogP) is 3.73. The summed E-state index contributed by atoms with van der Waals surface area (Å²) >= 11 is 0. The maximum absolute atomic E-state index is 6.06. The van der Waals surface area contributed by atoms with Crippen molar-refractivity contribution in [2.75, 3.05) is 5.73 Å². The monoisotopic (exact) mass is 222 g/mol. The van der Waals surface area contributed by atoms with Crippen molar-refractivity contribution in [3.63, 3.8) is 0 Å². The van der Waals surface area contributed by atoms with E-state index in [0.29, 0.717) is 0 Å². The van der Waals surface area contributed by atoms with Crippen LogP contribution < -0.4 is 5.73 Å². The zero-order valence-electron chi connectivity index (χ0n) is 9.70. The van der Waals surface area contributed by atoms with E-state index in [1.54, 1.807) is 0 Å². The van der Waals surface area contributed by atoms with Gasteiger partial charge in [-0.05, 0) is 25.1 Å². The van der Waals surface area contributed by atoms with Crippen molar-refractivity contribution in [1.82, 2.24) is 4.98 Å². The maximum atomic E-state index is 6.06. The van der Waals surface area contributed by atoms with Crippen LogP contribution in [0.3, 0.4) is 0 Å². The molecule has 0 aliphatic carbocycles. The number of aromatic amines is 1. The van der Waals surface area contributed by atoms with E-state index in [2.05, 4.69) is 30.1 Å². The van der Waals surface area contributed by atoms with Gasteiger partial charge >= 0.3 is 0 Å². The number of H-pyrrole nitrogens is 1. The highest BCUT2D eigenvalue weighted by atomic mass is 14.7. The van der Waals surface area contributed by atoms with Gasteiger partial charge in [-0.2, -0.15) is 0 Å². The minimum absolute atomic E-state index is 0.820. The fraction of sp³-hybridized carbons (Fsp3) is 0.0667. The molecule has 17 heavy (non-hydrogen) atoms. The Labute approximate surface area is 100 Å². The zero-order chi connectivity index (χ0) is 11.8. The van der Waals surface area contributed by atoms with Crippen LogP contribution in [0.25, 0.3) is 22.0 Å². The van der Waals surface area contributed by atoms with Crippen molar-refractivity contribution in [3.8, 4) is 11.1 Å². The first kappa shape index (κ1) is 9.97. The zero-order valence-corrected chi connectivity index (χ0v) is 9.70. The number of rotatable bonds is 1. The van der Waals surface area contributed by atoms with Crippen LogP contribution in [-0.4, -0.2) is 4.98 Å². The van der Waals surface area contributed by atoms with Gasteiger partial charge in [-0.25, -0.2) is 0 Å². The van der Waals surface area contributed by atoms with Crippen LogP contribution >= 0.6 is 0 Å². The van der Waals surface area contributed by atoms with E-state index in [4.69, 9.17) is 5.73 Å². The number of nitrogens with one attached hydrogen (secondary N) is 1. The highest BCUT2D eigenvalue weighted by Crippen LogP contribution is 2.32. The van der Waals surface area contributed by atoms with Crippen LogP contribution in [0.5, 0.6) is 0 Å². The lowest BCUT2D eigenvalue weighted by molar-refractivity contribution is 1.45. The van der Waals surface area contributed by atoms with Crippen molar-refractivity contribution < 1.29 is 0 Å². The minimum Gasteiger partial charge on any atom is -0.398 e. The summed E-state index contributed by atoms with van der Waals surface area (Å²) in [7, 11) is 0. The molecular weight excluding hydrogens is 208 g/mol. The smallest absolute Gasteiger partial charge is 0.0460 e. The van der Waals surface area contributed by atoms with Crippen LogP contribution in [0.4, 0.5) is 5.69 Å². The number of nitrogen functional groups attached to an aromatic ring is 1. The minimum atomic E-state index is 0.820. The number of para-hydroxylation sites is 1. The van der Waals surface area contributed by atoms with Gasteiger partial charge in [-0.1, -0.05) is 29.8 Å². The van der Waals surface area contributed by atoms with Gasteiger partial charge in [0.15, 0.2) is 0 Å². The van der Waals surface area contributed by atoms with Crippen LogP contribution in [0.2, 0.25) is 0 Å². The number of anilines is 1. The molecule has 3 N–H and O–H groups in total. The molecule has 1 heterocycles. The van der Waals surface area contributed by atoms with Crippen molar-refractivity contribution in [2.45, 2.75) is 6.92 Å². The number of fused-ring (bicyclic) bond motifs is 1. The Hall–Kier alpha value is -2.22. The molecule has 0 radical (unpaired) electrons. The van der Waals surface area contributed by atoms with Gasteiger partial charge in [0.2, 0.25) is 0 Å². The molecular formula is C15H14N2. The molecule has 3 aromatic rings. The molecule has 2 nitrogen and oxygen atoms in total. The Balaban J connectivity index is 2.31. The number of hydrogen-bond acceptors (Lipinski definition) is 1. The first-order chi connectivity index (χ1) is 8.25. The number of hydrogen-bond donors (Lipinski definition) is 2. The van der Waals surface area contributed by atoms with E-state index in [-0.39, 0.29) is 0 Å². The molecule has 0 saturated heterocycles. The van der Waals surface area contributed by atoms with Crippen molar-refractivity contribution in [2.24, 2.45) is 0 Å². The Kier molecular flexibility index (Phi) is 2.15. The summed E-state index contributed by atoms with van der Waals surface area (Å²) in [6.07, 6.45) is 2.02. The van der Waals surface area contributed by atoms with Gasteiger partial charge in [0.1, 0.15) is 0 Å². The normalized spacial score (nSPS) is 10.9. The molecule has 1 aromatic heterocycles. The largest absolute Gasteiger partial charge is 0.398 e. The second kappa shape index (κ2) is 3.67. The molecule has 0 unspecified atom stereocenters. The molecule has 84 valence electrons. The topological polar surface area (TPSA) is 41.8 Å². The highest BCUT2D eigenvalue weighted by molar-refractivity contribution is 5.98. The summed E-state index contributed by atoms with van der Waals surface area (Å²) in [4.78, 5) is 3.28. The third-order valence-corrected chi connectivity index (χ3v) is 3.09. The summed E-state index contributed by atoms with van der Waals surface area (Å²) < 4.78 is 0. The average molecular weight is 222 g/mol. The quantitative estimate of drug-likeness (QED) is 0.605. The van der Waals surface area contributed by atoms with Crippen LogP contribution in [0.1, 0.15) is 5.56 Å². The number of nitrogens with two attached hydrogens (primary N) is 1. The molecule has 0 atom stereocenters. The Bertz CT molecular complexity index is 680. The molecule has 0 aliphatic heterocycles. The first-order valence-electron chi connectivity index (χ1n) is 5.68. The fourth-order valence-electron chi connectivity index (χ4n) is 2.20. The summed E-state index contributed by atoms with van der Waals surface area (Å²) in [5.41, 5.74) is 11.5. The third-order valence-electron chi connectivity index (χ3n) is 3.09. The standard InChI is InChI=1S/C15H14N2/c1-10-6-7-14(16)12(8-10)13-9-17-15-5-3-2-4-11(13)15/h2-9,17H,16H2,1H3. The fourth-order valence-corrected chi connectivity index (χ4v) is 2.20. The van der Waals surface area contributed by atoms with E-state index in [1.165, 1.54) is 16.5 Å². The third kappa shape index (κ3) is 1.58. The predicted molar refractivity (Wildman–Crippen MR) is 72.9 cm³/mol. The number of aromatic nitrogens is 1. The molecule has 0 saturated carbocycles. The van der Waals surface area contributed by atoms with Crippen LogP contribution in [-0.2, 0) is 0 Å².